The number of aryl methyl sites for hydroxylation is 1. The monoisotopic (exact) mass is 347 g/mol. The summed E-state index contributed by atoms with van der Waals surface area (Å²) in [6, 6.07) is 8.04. The van der Waals surface area contributed by atoms with E-state index in [0.717, 1.165) is 22.4 Å². The van der Waals surface area contributed by atoms with Gasteiger partial charge in [-0.15, -0.1) is 0 Å². The summed E-state index contributed by atoms with van der Waals surface area (Å²) in [5.41, 5.74) is 7.23. The third-order valence-electron chi connectivity index (χ3n) is 4.25. The largest absolute Gasteiger partial charge is 0.350 e. The van der Waals surface area contributed by atoms with Crippen molar-refractivity contribution in [2.75, 3.05) is 6.54 Å². The summed E-state index contributed by atoms with van der Waals surface area (Å²) in [6.45, 7) is 2.29. The average molecular weight is 347 g/mol. The van der Waals surface area contributed by atoms with Crippen molar-refractivity contribution in [2.45, 2.75) is 30.7 Å². The predicted octanol–water partition coefficient (Wildman–Crippen LogP) is 1.50. The molecule has 0 saturated heterocycles. The number of carbonyl (C=O) groups excluding carboxylic acids is 1. The zero-order valence-corrected chi connectivity index (χ0v) is 14.3. The molecule has 1 amide bonds. The first kappa shape index (κ1) is 16.7. The summed E-state index contributed by atoms with van der Waals surface area (Å²) in [7, 11) is -3.69. The fourth-order valence-electron chi connectivity index (χ4n) is 2.50. The fraction of sp³-hybridized carbons (Fsp3) is 0.353. The minimum atomic E-state index is -3.69. The zero-order chi connectivity index (χ0) is 17.3. The summed E-state index contributed by atoms with van der Waals surface area (Å²) in [5, 5.41) is 2.76. The van der Waals surface area contributed by atoms with Crippen molar-refractivity contribution in [1.29, 1.82) is 0 Å². The van der Waals surface area contributed by atoms with Gasteiger partial charge in [0.1, 0.15) is 0 Å². The van der Waals surface area contributed by atoms with Gasteiger partial charge in [-0.1, -0.05) is 17.7 Å². The van der Waals surface area contributed by atoms with Crippen LogP contribution in [-0.4, -0.2) is 30.9 Å². The quantitative estimate of drug-likeness (QED) is 0.828. The van der Waals surface area contributed by atoms with Gasteiger partial charge in [0.2, 0.25) is 0 Å². The first-order valence-electron chi connectivity index (χ1n) is 7.92. The van der Waals surface area contributed by atoms with Crippen LogP contribution in [0.2, 0.25) is 0 Å². The molecule has 1 fully saturated rings. The molecule has 0 spiro atoms. The van der Waals surface area contributed by atoms with E-state index in [9.17, 15) is 13.2 Å². The first-order chi connectivity index (χ1) is 11.4. The fourth-order valence-corrected chi connectivity index (χ4v) is 3.69. The lowest BCUT2D eigenvalue weighted by Crippen LogP contribution is -2.38. The van der Waals surface area contributed by atoms with E-state index in [4.69, 9.17) is 5.73 Å². The molecular formula is C17H21N3O3S. The second-order valence-corrected chi connectivity index (χ2v) is 8.10. The number of hydrogen-bond donors (Lipinski definition) is 2. The van der Waals surface area contributed by atoms with Gasteiger partial charge in [-0.3, -0.25) is 4.79 Å². The summed E-state index contributed by atoms with van der Waals surface area (Å²) in [6.07, 6.45) is 4.93. The van der Waals surface area contributed by atoms with E-state index in [1.807, 2.05) is 6.92 Å². The van der Waals surface area contributed by atoms with E-state index in [1.54, 1.807) is 24.3 Å². The molecule has 0 aliphatic heterocycles. The summed E-state index contributed by atoms with van der Waals surface area (Å²) in [5.74, 6) is 0.181. The highest BCUT2D eigenvalue weighted by atomic mass is 32.2. The number of rotatable bonds is 6. The maximum Gasteiger partial charge on any atom is 0.267 e. The van der Waals surface area contributed by atoms with Crippen molar-refractivity contribution in [3.05, 3.63) is 53.9 Å². The van der Waals surface area contributed by atoms with E-state index >= 15 is 0 Å². The van der Waals surface area contributed by atoms with Crippen LogP contribution in [0.3, 0.4) is 0 Å². The number of nitrogens with one attached hydrogen (secondary N) is 1. The Hall–Kier alpha value is -2.12. The Morgan fingerprint density at radius 2 is 1.96 bits per heavy atom. The molecule has 1 aromatic heterocycles. The highest BCUT2D eigenvalue weighted by Gasteiger charge is 2.28. The average Bonchev–Trinajstić information content (AvgIpc) is 3.28. The minimum absolute atomic E-state index is 0.0349. The molecule has 1 atom stereocenters. The van der Waals surface area contributed by atoms with Gasteiger partial charge in [-0.05, 0) is 43.9 Å². The van der Waals surface area contributed by atoms with E-state index in [2.05, 4.69) is 5.32 Å². The van der Waals surface area contributed by atoms with Crippen LogP contribution >= 0.6 is 0 Å². The second kappa shape index (κ2) is 6.41. The first-order valence-corrected chi connectivity index (χ1v) is 9.36. The van der Waals surface area contributed by atoms with Gasteiger partial charge in [0.15, 0.2) is 0 Å². The summed E-state index contributed by atoms with van der Waals surface area (Å²) in [4.78, 5) is 12.3. The van der Waals surface area contributed by atoms with Gasteiger partial charge in [-0.2, -0.15) is 0 Å². The number of benzene rings is 1. The number of nitrogens with zero attached hydrogens (tertiary/aromatic N) is 1. The molecule has 24 heavy (non-hydrogen) atoms. The van der Waals surface area contributed by atoms with Crippen molar-refractivity contribution in [1.82, 2.24) is 9.29 Å². The lowest BCUT2D eigenvalue weighted by molar-refractivity contribution is 0.0950. The maximum absolute atomic E-state index is 12.6. The summed E-state index contributed by atoms with van der Waals surface area (Å²) >= 11 is 0. The Kier molecular flexibility index (Phi) is 4.47. The maximum atomic E-state index is 12.6. The molecule has 0 bridgehead atoms. The highest BCUT2D eigenvalue weighted by molar-refractivity contribution is 7.90. The molecule has 7 heteroatoms. The van der Waals surface area contributed by atoms with Crippen molar-refractivity contribution < 1.29 is 13.2 Å². The molecule has 1 unspecified atom stereocenters. The Balaban J connectivity index is 1.72. The number of amides is 1. The molecule has 1 aromatic carbocycles. The van der Waals surface area contributed by atoms with Gasteiger partial charge >= 0.3 is 0 Å². The molecular weight excluding hydrogens is 326 g/mol. The highest BCUT2D eigenvalue weighted by Crippen LogP contribution is 2.31. The predicted molar refractivity (Wildman–Crippen MR) is 91.2 cm³/mol. The molecule has 3 N–H and O–H groups in total. The molecule has 1 saturated carbocycles. The Labute approximate surface area is 141 Å². The molecule has 1 aliphatic carbocycles. The van der Waals surface area contributed by atoms with Gasteiger partial charge in [0.05, 0.1) is 10.5 Å². The van der Waals surface area contributed by atoms with Crippen molar-refractivity contribution in [2.24, 2.45) is 11.7 Å². The molecule has 1 heterocycles. The molecule has 6 nitrogen and oxygen atoms in total. The molecule has 3 rings (SSSR count). The van der Waals surface area contributed by atoms with Crippen molar-refractivity contribution in [3.8, 4) is 0 Å². The van der Waals surface area contributed by atoms with Crippen LogP contribution in [0.15, 0.2) is 47.6 Å². The van der Waals surface area contributed by atoms with Gasteiger partial charge < -0.3 is 11.1 Å². The Bertz CT molecular complexity index is 836. The molecule has 1 aliphatic rings. The lowest BCUT2D eigenvalue weighted by Gasteiger charge is -2.10. The van der Waals surface area contributed by atoms with Gasteiger partial charge in [0, 0.05) is 25.0 Å². The Morgan fingerprint density at radius 1 is 1.29 bits per heavy atom. The van der Waals surface area contributed by atoms with Gasteiger partial charge in [0.25, 0.3) is 15.9 Å². The third kappa shape index (κ3) is 3.52. The third-order valence-corrected chi connectivity index (χ3v) is 5.90. The number of nitrogens with two attached hydrogens (primary N) is 1. The van der Waals surface area contributed by atoms with Crippen LogP contribution in [-0.2, 0) is 10.0 Å². The normalized spacial score (nSPS) is 15.9. The van der Waals surface area contributed by atoms with E-state index in [-0.39, 0.29) is 16.8 Å². The minimum Gasteiger partial charge on any atom is -0.350 e. The SMILES string of the molecule is Cc1ccc(S(=O)(=O)n2ccc(C(=O)NCC(N)C3CC3)c2)cc1. The van der Waals surface area contributed by atoms with Crippen molar-refractivity contribution in [3.63, 3.8) is 0 Å². The van der Waals surface area contributed by atoms with Crippen LogP contribution in [0.1, 0.15) is 28.8 Å². The van der Waals surface area contributed by atoms with Crippen LogP contribution in [0.4, 0.5) is 0 Å². The second-order valence-electron chi connectivity index (χ2n) is 6.26. The van der Waals surface area contributed by atoms with Crippen LogP contribution in [0.5, 0.6) is 0 Å². The zero-order valence-electron chi connectivity index (χ0n) is 13.5. The van der Waals surface area contributed by atoms with Crippen molar-refractivity contribution >= 4 is 15.9 Å². The van der Waals surface area contributed by atoms with E-state index in [1.165, 1.54) is 18.5 Å². The van der Waals surface area contributed by atoms with Crippen LogP contribution in [0, 0.1) is 12.8 Å². The number of hydrogen-bond acceptors (Lipinski definition) is 4. The van der Waals surface area contributed by atoms with Crippen LogP contribution < -0.4 is 11.1 Å². The molecule has 2 aromatic rings. The number of aromatic nitrogens is 1. The Morgan fingerprint density at radius 3 is 2.58 bits per heavy atom. The van der Waals surface area contributed by atoms with Gasteiger partial charge in [-0.25, -0.2) is 12.4 Å². The molecule has 0 radical (unpaired) electrons. The number of carbonyl (C=O) groups is 1. The topological polar surface area (TPSA) is 94.2 Å². The van der Waals surface area contributed by atoms with Crippen LogP contribution in [0.25, 0.3) is 0 Å². The lowest BCUT2D eigenvalue weighted by atomic mass is 10.2. The smallest absolute Gasteiger partial charge is 0.267 e. The van der Waals surface area contributed by atoms with E-state index < -0.39 is 10.0 Å². The van der Waals surface area contributed by atoms with E-state index in [0.29, 0.717) is 18.0 Å². The molecule has 128 valence electrons. The summed E-state index contributed by atoms with van der Waals surface area (Å²) < 4.78 is 26.2. The standard InChI is InChI=1S/C17H21N3O3S/c1-12-2-6-15(7-3-12)24(22,23)20-9-8-14(11-20)17(21)19-10-16(18)13-4-5-13/h2-3,6-9,11,13,16H,4-5,10,18H2,1H3,(H,19,21).